The monoisotopic (exact) mass is 377 g/mol. The Morgan fingerprint density at radius 3 is 2.48 bits per heavy atom. The summed E-state index contributed by atoms with van der Waals surface area (Å²) in [5, 5.41) is 0.0998. The number of nitrogens with one attached hydrogen (secondary N) is 1. The van der Waals surface area contributed by atoms with Crippen LogP contribution in [0.4, 0.5) is 10.1 Å². The zero-order valence-electron chi connectivity index (χ0n) is 11.6. The number of halogens is 3. The van der Waals surface area contributed by atoms with Gasteiger partial charge in [-0.1, -0.05) is 23.2 Å². The average molecular weight is 378 g/mol. The molecule has 0 atom stereocenters. The second-order valence-electron chi connectivity index (χ2n) is 4.37. The molecule has 2 rings (SSSR count). The number of hydrogen-bond donors (Lipinski definition) is 1. The molecule has 0 aliphatic carbocycles. The molecule has 2 aromatic carbocycles. The molecule has 0 saturated carbocycles. The van der Waals surface area contributed by atoms with E-state index in [0.717, 1.165) is 12.1 Å². The largest absolute Gasteiger partial charge is 0.465 e. The van der Waals surface area contributed by atoms with Gasteiger partial charge in [0.05, 0.1) is 23.4 Å². The number of carbonyl (C=O) groups excluding carboxylic acids is 1. The van der Waals surface area contributed by atoms with Gasteiger partial charge in [-0.25, -0.2) is 17.6 Å². The molecule has 0 aliphatic heterocycles. The van der Waals surface area contributed by atoms with Crippen molar-refractivity contribution in [3.63, 3.8) is 0 Å². The van der Waals surface area contributed by atoms with Crippen molar-refractivity contribution >= 4 is 44.9 Å². The number of esters is 1. The van der Waals surface area contributed by atoms with Crippen LogP contribution in [0.5, 0.6) is 0 Å². The summed E-state index contributed by atoms with van der Waals surface area (Å²) in [6.45, 7) is 0. The standard InChI is InChI=1S/C14H10Cl2FNO4S/c1-22-14(19)8-2-4-10(16)12(6-8)18-23(20,21)13-5-3-9(15)7-11(13)17/h2-7,18H,1H3. The Labute approximate surface area is 142 Å². The van der Waals surface area contributed by atoms with Crippen LogP contribution in [0.15, 0.2) is 41.3 Å². The lowest BCUT2D eigenvalue weighted by Crippen LogP contribution is -2.15. The fourth-order valence-electron chi connectivity index (χ4n) is 1.74. The van der Waals surface area contributed by atoms with E-state index in [9.17, 15) is 17.6 Å². The maximum Gasteiger partial charge on any atom is 0.337 e. The molecule has 0 fully saturated rings. The van der Waals surface area contributed by atoms with Crippen LogP contribution < -0.4 is 4.72 Å². The minimum absolute atomic E-state index is 0.0376. The SMILES string of the molecule is COC(=O)c1ccc(Cl)c(NS(=O)(=O)c2ccc(Cl)cc2F)c1. The number of anilines is 1. The summed E-state index contributed by atoms with van der Waals surface area (Å²) in [5.41, 5.74) is 0.00935. The summed E-state index contributed by atoms with van der Waals surface area (Å²) >= 11 is 11.5. The molecule has 2 aromatic rings. The fraction of sp³-hybridized carbons (Fsp3) is 0.0714. The van der Waals surface area contributed by atoms with Crippen molar-refractivity contribution in [2.75, 3.05) is 11.8 Å². The van der Waals surface area contributed by atoms with Gasteiger partial charge in [-0.15, -0.1) is 0 Å². The molecule has 0 saturated heterocycles. The van der Waals surface area contributed by atoms with Crippen LogP contribution in [0.1, 0.15) is 10.4 Å². The molecule has 0 radical (unpaired) electrons. The van der Waals surface area contributed by atoms with E-state index in [4.69, 9.17) is 23.2 Å². The van der Waals surface area contributed by atoms with Crippen LogP contribution in [-0.4, -0.2) is 21.5 Å². The Hall–Kier alpha value is -1.83. The normalized spacial score (nSPS) is 11.1. The maximum absolute atomic E-state index is 13.8. The quantitative estimate of drug-likeness (QED) is 0.824. The van der Waals surface area contributed by atoms with Crippen molar-refractivity contribution in [2.24, 2.45) is 0 Å². The topological polar surface area (TPSA) is 72.5 Å². The van der Waals surface area contributed by atoms with Gasteiger partial charge in [0.25, 0.3) is 10.0 Å². The summed E-state index contributed by atoms with van der Waals surface area (Å²) in [4.78, 5) is 10.9. The summed E-state index contributed by atoms with van der Waals surface area (Å²) in [7, 11) is -3.07. The van der Waals surface area contributed by atoms with Crippen LogP contribution in [0.3, 0.4) is 0 Å². The average Bonchev–Trinajstić information content (AvgIpc) is 2.48. The van der Waals surface area contributed by atoms with Crippen molar-refractivity contribution in [3.8, 4) is 0 Å². The van der Waals surface area contributed by atoms with Gasteiger partial charge in [-0.05, 0) is 36.4 Å². The third-order valence-corrected chi connectivity index (χ3v) is 4.78. The van der Waals surface area contributed by atoms with E-state index < -0.39 is 26.7 Å². The van der Waals surface area contributed by atoms with Crippen LogP contribution in [0, 0.1) is 5.82 Å². The highest BCUT2D eigenvalue weighted by Gasteiger charge is 2.21. The third-order valence-electron chi connectivity index (χ3n) is 2.82. The number of hydrogen-bond acceptors (Lipinski definition) is 4. The van der Waals surface area contributed by atoms with E-state index in [1.54, 1.807) is 0 Å². The second kappa shape index (κ2) is 6.74. The Morgan fingerprint density at radius 2 is 1.87 bits per heavy atom. The Balaban J connectivity index is 2.43. The Morgan fingerprint density at radius 1 is 1.17 bits per heavy atom. The highest BCUT2D eigenvalue weighted by molar-refractivity contribution is 7.92. The molecule has 23 heavy (non-hydrogen) atoms. The van der Waals surface area contributed by atoms with E-state index in [0.29, 0.717) is 0 Å². The Bertz CT molecular complexity index is 871. The van der Waals surface area contributed by atoms with Gasteiger partial charge >= 0.3 is 5.97 Å². The number of ether oxygens (including phenoxy) is 1. The first-order chi connectivity index (χ1) is 10.7. The van der Waals surface area contributed by atoms with Gasteiger partial charge in [0.1, 0.15) is 10.7 Å². The summed E-state index contributed by atoms with van der Waals surface area (Å²) in [5.74, 6) is -1.68. The first-order valence-corrected chi connectivity index (χ1v) is 8.34. The van der Waals surface area contributed by atoms with Crippen molar-refractivity contribution in [1.29, 1.82) is 0 Å². The van der Waals surface area contributed by atoms with Gasteiger partial charge < -0.3 is 4.74 Å². The predicted molar refractivity (Wildman–Crippen MR) is 85.0 cm³/mol. The molecular formula is C14H10Cl2FNO4S. The van der Waals surface area contributed by atoms with E-state index in [1.807, 2.05) is 0 Å². The maximum atomic E-state index is 13.8. The number of benzene rings is 2. The molecule has 9 heteroatoms. The molecular weight excluding hydrogens is 368 g/mol. The first-order valence-electron chi connectivity index (χ1n) is 6.10. The van der Waals surface area contributed by atoms with Crippen LogP contribution in [0.25, 0.3) is 0 Å². The molecule has 1 N–H and O–H groups in total. The number of rotatable bonds is 4. The van der Waals surface area contributed by atoms with Crippen molar-refractivity contribution in [1.82, 2.24) is 0 Å². The highest BCUT2D eigenvalue weighted by atomic mass is 35.5. The van der Waals surface area contributed by atoms with Crippen molar-refractivity contribution < 1.29 is 22.3 Å². The van der Waals surface area contributed by atoms with Gasteiger partial charge in [-0.3, -0.25) is 4.72 Å². The van der Waals surface area contributed by atoms with E-state index >= 15 is 0 Å². The first kappa shape index (κ1) is 17.5. The van der Waals surface area contributed by atoms with Crippen LogP contribution >= 0.6 is 23.2 Å². The minimum atomic E-state index is -4.25. The zero-order valence-corrected chi connectivity index (χ0v) is 14.0. The van der Waals surface area contributed by atoms with Crippen molar-refractivity contribution in [3.05, 3.63) is 57.8 Å². The fourth-order valence-corrected chi connectivity index (χ4v) is 3.25. The van der Waals surface area contributed by atoms with Crippen LogP contribution in [0.2, 0.25) is 10.0 Å². The summed E-state index contributed by atoms with van der Waals surface area (Å²) in [6, 6.07) is 7.03. The molecule has 0 aromatic heterocycles. The molecule has 5 nitrogen and oxygen atoms in total. The van der Waals surface area contributed by atoms with Gasteiger partial charge in [0.2, 0.25) is 0 Å². The van der Waals surface area contributed by atoms with E-state index in [-0.39, 0.29) is 21.3 Å². The lowest BCUT2D eigenvalue weighted by molar-refractivity contribution is 0.0601. The highest BCUT2D eigenvalue weighted by Crippen LogP contribution is 2.27. The zero-order chi connectivity index (χ0) is 17.2. The number of carbonyl (C=O) groups is 1. The number of methoxy groups -OCH3 is 1. The van der Waals surface area contributed by atoms with E-state index in [1.165, 1.54) is 31.4 Å². The molecule has 0 unspecified atom stereocenters. The van der Waals surface area contributed by atoms with Crippen molar-refractivity contribution in [2.45, 2.75) is 4.90 Å². The smallest absolute Gasteiger partial charge is 0.337 e. The number of sulfonamides is 1. The van der Waals surface area contributed by atoms with E-state index in [2.05, 4.69) is 9.46 Å². The minimum Gasteiger partial charge on any atom is -0.465 e. The van der Waals surface area contributed by atoms with Crippen LogP contribution in [-0.2, 0) is 14.8 Å². The molecule has 0 amide bonds. The lowest BCUT2D eigenvalue weighted by atomic mass is 10.2. The molecule has 0 bridgehead atoms. The Kier molecular flexibility index (Phi) is 5.13. The summed E-state index contributed by atoms with van der Waals surface area (Å²) in [6.07, 6.45) is 0. The summed E-state index contributed by atoms with van der Waals surface area (Å²) < 4.78 is 45.0. The molecule has 0 spiro atoms. The van der Waals surface area contributed by atoms with Gasteiger partial charge in [0, 0.05) is 5.02 Å². The molecule has 0 aliphatic rings. The molecule has 122 valence electrons. The van der Waals surface area contributed by atoms with Gasteiger partial charge in [0.15, 0.2) is 0 Å². The predicted octanol–water partition coefficient (Wildman–Crippen LogP) is 3.72. The lowest BCUT2D eigenvalue weighted by Gasteiger charge is -2.11. The second-order valence-corrected chi connectivity index (χ2v) is 6.86. The molecule has 0 heterocycles. The van der Waals surface area contributed by atoms with Gasteiger partial charge in [-0.2, -0.15) is 0 Å². The third kappa shape index (κ3) is 3.93.